The van der Waals surface area contributed by atoms with E-state index in [0.717, 1.165) is 10.5 Å². The van der Waals surface area contributed by atoms with Gasteiger partial charge in [0.2, 0.25) is 0 Å². The van der Waals surface area contributed by atoms with Gasteiger partial charge in [-0.3, -0.25) is 0 Å². The van der Waals surface area contributed by atoms with Crippen LogP contribution in [-0.4, -0.2) is 10.5 Å². The minimum absolute atomic E-state index is 0.923. The van der Waals surface area contributed by atoms with Crippen molar-refractivity contribution >= 4 is 11.8 Å². The molecule has 0 aliphatic heterocycles. The number of thioether (sulfide) groups is 1. The van der Waals surface area contributed by atoms with E-state index < -0.39 is 0 Å². The lowest BCUT2D eigenvalue weighted by Gasteiger charge is -2.21. The van der Waals surface area contributed by atoms with E-state index in [2.05, 4.69) is 39.5 Å². The highest BCUT2D eigenvalue weighted by Gasteiger charge is 2.13. The second-order valence-corrected chi connectivity index (χ2v) is 6.09. The van der Waals surface area contributed by atoms with Gasteiger partial charge in [-0.15, -0.1) is 0 Å². The third-order valence-electron chi connectivity index (χ3n) is 3.05. The van der Waals surface area contributed by atoms with Gasteiger partial charge in [-0.25, -0.2) is 0 Å². The zero-order valence-electron chi connectivity index (χ0n) is 11.2. The van der Waals surface area contributed by atoms with Crippen molar-refractivity contribution < 1.29 is 0 Å². The Morgan fingerprint density at radius 2 is 1.13 bits per heavy atom. The van der Waals surface area contributed by atoms with Gasteiger partial charge >= 0.3 is 0 Å². The summed E-state index contributed by atoms with van der Waals surface area (Å²) in [6.07, 6.45) is 11.1. The molecule has 0 aromatic rings. The Bertz CT molecular complexity index is 109. The lowest BCUT2D eigenvalue weighted by atomic mass is 10.1. The van der Waals surface area contributed by atoms with Crippen LogP contribution in [0.4, 0.5) is 0 Å². The molecule has 0 nitrogen and oxygen atoms in total. The van der Waals surface area contributed by atoms with Crippen LogP contribution in [-0.2, 0) is 0 Å². The Kier molecular flexibility index (Phi) is 11.1. The fourth-order valence-electron chi connectivity index (χ4n) is 1.87. The van der Waals surface area contributed by atoms with E-state index >= 15 is 0 Å². The molecule has 15 heavy (non-hydrogen) atoms. The number of unbranched alkanes of at least 4 members (excludes halogenated alkanes) is 2. The Labute approximate surface area is 102 Å². The first-order chi connectivity index (χ1) is 7.28. The zero-order chi connectivity index (χ0) is 11.5. The first kappa shape index (κ1) is 15.3. The van der Waals surface area contributed by atoms with Crippen molar-refractivity contribution in [3.63, 3.8) is 0 Å². The molecule has 2 unspecified atom stereocenters. The molecule has 0 spiro atoms. The van der Waals surface area contributed by atoms with Crippen molar-refractivity contribution in [1.29, 1.82) is 0 Å². The molecule has 0 aliphatic carbocycles. The SMILES string of the molecule is CCCCC(CC)SC(CC)CCCC. The molecule has 0 aliphatic rings. The highest BCUT2D eigenvalue weighted by molar-refractivity contribution is 8.00. The average molecular weight is 230 g/mol. The second kappa shape index (κ2) is 10.9. The van der Waals surface area contributed by atoms with Gasteiger partial charge in [0, 0.05) is 10.5 Å². The summed E-state index contributed by atoms with van der Waals surface area (Å²) in [7, 11) is 0. The first-order valence-electron chi connectivity index (χ1n) is 6.93. The van der Waals surface area contributed by atoms with Crippen molar-refractivity contribution in [3.05, 3.63) is 0 Å². The number of hydrogen-bond donors (Lipinski definition) is 0. The van der Waals surface area contributed by atoms with Gasteiger partial charge in [0.25, 0.3) is 0 Å². The number of rotatable bonds is 10. The van der Waals surface area contributed by atoms with E-state index in [1.165, 1.54) is 51.4 Å². The van der Waals surface area contributed by atoms with Gasteiger partial charge in [-0.2, -0.15) is 11.8 Å². The van der Waals surface area contributed by atoms with Crippen LogP contribution in [0.2, 0.25) is 0 Å². The molecule has 92 valence electrons. The van der Waals surface area contributed by atoms with Gasteiger partial charge in [0.05, 0.1) is 0 Å². The molecule has 0 heterocycles. The molecule has 1 heteroatoms. The molecular weight excluding hydrogens is 200 g/mol. The van der Waals surface area contributed by atoms with Crippen LogP contribution in [0.1, 0.15) is 79.1 Å². The fourth-order valence-corrected chi connectivity index (χ4v) is 3.41. The van der Waals surface area contributed by atoms with Crippen molar-refractivity contribution in [2.24, 2.45) is 0 Å². The molecule has 0 aromatic heterocycles. The number of hydrogen-bond acceptors (Lipinski definition) is 1. The molecule has 2 atom stereocenters. The molecule has 0 saturated carbocycles. The lowest BCUT2D eigenvalue weighted by Crippen LogP contribution is -2.10. The third kappa shape index (κ3) is 8.19. The minimum atomic E-state index is 0.923. The van der Waals surface area contributed by atoms with Crippen LogP contribution < -0.4 is 0 Å². The summed E-state index contributed by atoms with van der Waals surface area (Å²) in [5.74, 6) is 0. The molecule has 0 amide bonds. The molecule has 0 saturated heterocycles. The standard InChI is InChI=1S/C14H30S/c1-5-9-11-13(7-3)15-14(8-4)12-10-6-2/h13-14H,5-12H2,1-4H3. The normalized spacial score (nSPS) is 15.2. The third-order valence-corrected chi connectivity index (χ3v) is 4.96. The van der Waals surface area contributed by atoms with Crippen LogP contribution in [0.15, 0.2) is 0 Å². The monoisotopic (exact) mass is 230 g/mol. The van der Waals surface area contributed by atoms with Crippen LogP contribution in [0, 0.1) is 0 Å². The summed E-state index contributed by atoms with van der Waals surface area (Å²) >= 11 is 2.27. The fraction of sp³-hybridized carbons (Fsp3) is 1.00. The van der Waals surface area contributed by atoms with Gasteiger partial charge in [0.1, 0.15) is 0 Å². The maximum absolute atomic E-state index is 2.35. The van der Waals surface area contributed by atoms with Crippen LogP contribution in [0.25, 0.3) is 0 Å². The average Bonchev–Trinajstić information content (AvgIpc) is 2.28. The topological polar surface area (TPSA) is 0 Å². The van der Waals surface area contributed by atoms with E-state index in [1.54, 1.807) is 0 Å². The summed E-state index contributed by atoms with van der Waals surface area (Å²) in [5, 5.41) is 1.85. The van der Waals surface area contributed by atoms with E-state index in [1.807, 2.05) is 0 Å². The molecule has 0 fully saturated rings. The van der Waals surface area contributed by atoms with Crippen molar-refractivity contribution in [2.75, 3.05) is 0 Å². The van der Waals surface area contributed by atoms with Crippen molar-refractivity contribution in [1.82, 2.24) is 0 Å². The van der Waals surface area contributed by atoms with Crippen LogP contribution >= 0.6 is 11.8 Å². The summed E-state index contributed by atoms with van der Waals surface area (Å²) < 4.78 is 0. The predicted octanol–water partition coefficient (Wildman–Crippen LogP) is 5.66. The molecule has 0 aromatic carbocycles. The van der Waals surface area contributed by atoms with E-state index in [9.17, 15) is 0 Å². The highest BCUT2D eigenvalue weighted by atomic mass is 32.2. The maximum Gasteiger partial charge on any atom is 0.00472 e. The lowest BCUT2D eigenvalue weighted by molar-refractivity contribution is 0.643. The smallest absolute Gasteiger partial charge is 0.00472 e. The molecule has 0 bridgehead atoms. The predicted molar refractivity (Wildman–Crippen MR) is 74.8 cm³/mol. The Morgan fingerprint density at radius 1 is 0.733 bits per heavy atom. The van der Waals surface area contributed by atoms with Crippen LogP contribution in [0.3, 0.4) is 0 Å². The van der Waals surface area contributed by atoms with Gasteiger partial charge in [-0.05, 0) is 25.7 Å². The first-order valence-corrected chi connectivity index (χ1v) is 7.88. The molecule has 0 N–H and O–H groups in total. The van der Waals surface area contributed by atoms with Crippen molar-refractivity contribution in [2.45, 2.75) is 89.6 Å². The van der Waals surface area contributed by atoms with E-state index in [4.69, 9.17) is 0 Å². The molecule has 0 rings (SSSR count). The Morgan fingerprint density at radius 3 is 1.40 bits per heavy atom. The summed E-state index contributed by atoms with van der Waals surface area (Å²) in [5.41, 5.74) is 0. The maximum atomic E-state index is 2.35. The minimum Gasteiger partial charge on any atom is -0.155 e. The summed E-state index contributed by atoms with van der Waals surface area (Å²) in [6, 6.07) is 0. The van der Waals surface area contributed by atoms with Gasteiger partial charge in [0.15, 0.2) is 0 Å². The zero-order valence-corrected chi connectivity index (χ0v) is 12.0. The Balaban J connectivity index is 3.77. The van der Waals surface area contributed by atoms with E-state index in [-0.39, 0.29) is 0 Å². The van der Waals surface area contributed by atoms with Gasteiger partial charge in [-0.1, -0.05) is 53.4 Å². The molecule has 0 radical (unpaired) electrons. The van der Waals surface area contributed by atoms with Gasteiger partial charge < -0.3 is 0 Å². The largest absolute Gasteiger partial charge is 0.155 e. The Hall–Kier alpha value is 0.350. The van der Waals surface area contributed by atoms with Crippen molar-refractivity contribution in [3.8, 4) is 0 Å². The molecular formula is C14H30S. The quantitative estimate of drug-likeness (QED) is 0.467. The summed E-state index contributed by atoms with van der Waals surface area (Å²) in [6.45, 7) is 9.29. The highest BCUT2D eigenvalue weighted by Crippen LogP contribution is 2.29. The second-order valence-electron chi connectivity index (χ2n) is 4.48. The summed E-state index contributed by atoms with van der Waals surface area (Å²) in [4.78, 5) is 0. The van der Waals surface area contributed by atoms with E-state index in [0.29, 0.717) is 0 Å². The van der Waals surface area contributed by atoms with Crippen LogP contribution in [0.5, 0.6) is 0 Å².